The molecule has 0 aliphatic carbocycles. The van der Waals surface area contributed by atoms with Gasteiger partial charge in [0.05, 0.1) is 18.2 Å². The molecule has 3 aromatic rings. The van der Waals surface area contributed by atoms with Crippen molar-refractivity contribution in [1.29, 1.82) is 0 Å². The predicted molar refractivity (Wildman–Crippen MR) is 98.0 cm³/mol. The Balaban J connectivity index is 1.58. The van der Waals surface area contributed by atoms with Crippen molar-refractivity contribution < 1.29 is 4.79 Å². The summed E-state index contributed by atoms with van der Waals surface area (Å²) < 4.78 is 0. The molecule has 1 amide bonds. The summed E-state index contributed by atoms with van der Waals surface area (Å²) in [5.41, 5.74) is 8.97. The van der Waals surface area contributed by atoms with Crippen LogP contribution >= 0.6 is 11.3 Å². The van der Waals surface area contributed by atoms with E-state index in [1.54, 1.807) is 0 Å². The van der Waals surface area contributed by atoms with Gasteiger partial charge < -0.3 is 11.1 Å². The van der Waals surface area contributed by atoms with E-state index in [-0.39, 0.29) is 18.4 Å². The maximum Gasteiger partial charge on any atom is 0.230 e. The Morgan fingerprint density at radius 3 is 2.46 bits per heavy atom. The lowest BCUT2D eigenvalue weighted by molar-refractivity contribution is -0.115. The fraction of sp³-hybridized carbons (Fsp3) is 0.158. The molecule has 1 atom stereocenters. The minimum absolute atomic E-state index is 0.0744. The monoisotopic (exact) mass is 337 g/mol. The number of aromatic nitrogens is 1. The average Bonchev–Trinajstić information content (AvgIpc) is 3.05. The molecule has 0 spiro atoms. The van der Waals surface area contributed by atoms with E-state index in [1.165, 1.54) is 16.9 Å². The molecule has 3 N–H and O–H groups in total. The third-order valence-corrected chi connectivity index (χ3v) is 4.61. The SMILES string of the molecule is NC(Cc1ccccc1)c1nc(CC(=O)Nc2ccccc2)cs1. The Bertz CT molecular complexity index is 787. The number of para-hydroxylation sites is 1. The molecule has 0 aliphatic rings. The van der Waals surface area contributed by atoms with Crippen LogP contribution in [0.1, 0.15) is 22.3 Å². The summed E-state index contributed by atoms with van der Waals surface area (Å²) in [7, 11) is 0. The number of hydrogen-bond donors (Lipinski definition) is 2. The van der Waals surface area contributed by atoms with Crippen LogP contribution in [0.25, 0.3) is 0 Å². The molecule has 0 saturated heterocycles. The molecule has 0 fully saturated rings. The molecule has 1 aromatic heterocycles. The highest BCUT2D eigenvalue weighted by molar-refractivity contribution is 7.09. The fourth-order valence-corrected chi connectivity index (χ4v) is 3.24. The number of nitrogens with one attached hydrogen (secondary N) is 1. The van der Waals surface area contributed by atoms with Gasteiger partial charge in [0.2, 0.25) is 5.91 Å². The van der Waals surface area contributed by atoms with Crippen molar-refractivity contribution in [3.8, 4) is 0 Å². The number of carbonyl (C=O) groups is 1. The topological polar surface area (TPSA) is 68.0 Å². The average molecular weight is 337 g/mol. The van der Waals surface area contributed by atoms with Crippen LogP contribution in [0, 0.1) is 0 Å². The Morgan fingerprint density at radius 1 is 1.08 bits per heavy atom. The van der Waals surface area contributed by atoms with Crippen molar-refractivity contribution in [3.05, 3.63) is 82.3 Å². The van der Waals surface area contributed by atoms with E-state index in [0.717, 1.165) is 22.8 Å². The van der Waals surface area contributed by atoms with Gasteiger partial charge in [0, 0.05) is 11.1 Å². The number of anilines is 1. The summed E-state index contributed by atoms with van der Waals surface area (Å²) in [4.78, 5) is 16.6. The molecule has 0 aliphatic heterocycles. The largest absolute Gasteiger partial charge is 0.326 e. The fourth-order valence-electron chi connectivity index (χ4n) is 2.42. The van der Waals surface area contributed by atoms with Crippen LogP contribution < -0.4 is 11.1 Å². The number of hydrogen-bond acceptors (Lipinski definition) is 4. The number of rotatable bonds is 6. The molecule has 0 radical (unpaired) electrons. The van der Waals surface area contributed by atoms with Crippen LogP contribution in [0.15, 0.2) is 66.0 Å². The summed E-state index contributed by atoms with van der Waals surface area (Å²) in [5.74, 6) is -0.0744. The quantitative estimate of drug-likeness (QED) is 0.722. The van der Waals surface area contributed by atoms with Crippen molar-refractivity contribution in [2.75, 3.05) is 5.32 Å². The van der Waals surface area contributed by atoms with Gasteiger partial charge >= 0.3 is 0 Å². The van der Waals surface area contributed by atoms with Crippen molar-refractivity contribution in [2.24, 2.45) is 5.73 Å². The second-order valence-electron chi connectivity index (χ2n) is 5.56. The molecule has 122 valence electrons. The van der Waals surface area contributed by atoms with Crippen LogP contribution in [0.3, 0.4) is 0 Å². The third-order valence-electron chi connectivity index (χ3n) is 3.58. The molecule has 4 nitrogen and oxygen atoms in total. The van der Waals surface area contributed by atoms with Gasteiger partial charge in [0.25, 0.3) is 0 Å². The first-order valence-corrected chi connectivity index (χ1v) is 8.67. The lowest BCUT2D eigenvalue weighted by atomic mass is 10.1. The Morgan fingerprint density at radius 2 is 1.75 bits per heavy atom. The first kappa shape index (κ1) is 16.4. The summed E-state index contributed by atoms with van der Waals surface area (Å²) in [6, 6.07) is 19.4. The molecular weight excluding hydrogens is 318 g/mol. The first-order valence-electron chi connectivity index (χ1n) is 7.79. The summed E-state index contributed by atoms with van der Waals surface area (Å²) in [5, 5.41) is 5.63. The minimum atomic E-state index is -0.150. The van der Waals surface area contributed by atoms with Crippen molar-refractivity contribution >= 4 is 22.9 Å². The van der Waals surface area contributed by atoms with Gasteiger partial charge in [-0.3, -0.25) is 4.79 Å². The summed E-state index contributed by atoms with van der Waals surface area (Å²) >= 11 is 1.51. The van der Waals surface area contributed by atoms with Gasteiger partial charge in [-0.1, -0.05) is 48.5 Å². The second-order valence-corrected chi connectivity index (χ2v) is 6.45. The molecule has 5 heteroatoms. The van der Waals surface area contributed by atoms with Crippen LogP contribution in [-0.4, -0.2) is 10.9 Å². The summed E-state index contributed by atoms with van der Waals surface area (Å²) in [6.07, 6.45) is 0.994. The van der Waals surface area contributed by atoms with Crippen molar-refractivity contribution in [2.45, 2.75) is 18.9 Å². The van der Waals surface area contributed by atoms with Crippen LogP contribution in [0.5, 0.6) is 0 Å². The molecule has 3 rings (SSSR count). The number of nitrogens with zero attached hydrogens (tertiary/aromatic N) is 1. The first-order chi connectivity index (χ1) is 11.7. The van der Waals surface area contributed by atoms with Crippen molar-refractivity contribution in [3.63, 3.8) is 0 Å². The number of carbonyl (C=O) groups excluding carboxylic acids is 1. The van der Waals surface area contributed by atoms with E-state index in [9.17, 15) is 4.79 Å². The van der Waals surface area contributed by atoms with Gasteiger partial charge in [-0.05, 0) is 24.1 Å². The molecule has 1 unspecified atom stereocenters. The van der Waals surface area contributed by atoms with Gasteiger partial charge in [0.15, 0.2) is 0 Å². The maximum atomic E-state index is 12.1. The van der Waals surface area contributed by atoms with Gasteiger partial charge in [-0.25, -0.2) is 4.98 Å². The van der Waals surface area contributed by atoms with E-state index < -0.39 is 0 Å². The van der Waals surface area contributed by atoms with E-state index in [2.05, 4.69) is 22.4 Å². The summed E-state index contributed by atoms with van der Waals surface area (Å²) in [6.45, 7) is 0. The highest BCUT2D eigenvalue weighted by Crippen LogP contribution is 2.20. The van der Waals surface area contributed by atoms with Gasteiger partial charge in [0.1, 0.15) is 5.01 Å². The maximum absolute atomic E-state index is 12.1. The highest BCUT2D eigenvalue weighted by atomic mass is 32.1. The minimum Gasteiger partial charge on any atom is -0.326 e. The second kappa shape index (κ2) is 7.86. The highest BCUT2D eigenvalue weighted by Gasteiger charge is 2.13. The zero-order valence-electron chi connectivity index (χ0n) is 13.2. The number of amides is 1. The molecule has 2 aromatic carbocycles. The standard InChI is InChI=1S/C19H19N3OS/c20-17(11-14-7-3-1-4-8-14)19-22-16(13-24-19)12-18(23)21-15-9-5-2-6-10-15/h1-10,13,17H,11-12,20H2,(H,21,23). The molecule has 0 saturated carbocycles. The Labute approximate surface area is 145 Å². The lowest BCUT2D eigenvalue weighted by Crippen LogP contribution is -2.16. The lowest BCUT2D eigenvalue weighted by Gasteiger charge is -2.08. The van der Waals surface area contributed by atoms with E-state index >= 15 is 0 Å². The predicted octanol–water partition coefficient (Wildman–Crippen LogP) is 3.57. The number of thiazole rings is 1. The van der Waals surface area contributed by atoms with E-state index in [4.69, 9.17) is 5.73 Å². The number of nitrogens with two attached hydrogens (primary N) is 1. The smallest absolute Gasteiger partial charge is 0.230 e. The molecule has 24 heavy (non-hydrogen) atoms. The van der Waals surface area contributed by atoms with Crippen LogP contribution in [0.2, 0.25) is 0 Å². The Kier molecular flexibility index (Phi) is 5.36. The van der Waals surface area contributed by atoms with Gasteiger partial charge in [-0.2, -0.15) is 0 Å². The molecule has 1 heterocycles. The molecular formula is C19H19N3OS. The van der Waals surface area contributed by atoms with Crippen molar-refractivity contribution in [1.82, 2.24) is 4.98 Å². The zero-order valence-corrected chi connectivity index (χ0v) is 14.0. The zero-order chi connectivity index (χ0) is 16.8. The molecule has 0 bridgehead atoms. The Hall–Kier alpha value is -2.50. The normalized spacial score (nSPS) is 11.9. The van der Waals surface area contributed by atoms with Crippen LogP contribution in [-0.2, 0) is 17.6 Å². The third kappa shape index (κ3) is 4.50. The van der Waals surface area contributed by atoms with Crippen LogP contribution in [0.4, 0.5) is 5.69 Å². The van der Waals surface area contributed by atoms with E-state index in [1.807, 2.05) is 53.9 Å². The van der Waals surface area contributed by atoms with Gasteiger partial charge in [-0.15, -0.1) is 11.3 Å². The van der Waals surface area contributed by atoms with E-state index in [0.29, 0.717) is 0 Å². The number of benzene rings is 2.